The number of ether oxygens (including phenoxy) is 1. The van der Waals surface area contributed by atoms with Crippen molar-refractivity contribution < 1.29 is 14.6 Å². The van der Waals surface area contributed by atoms with Crippen molar-refractivity contribution >= 4 is 34.9 Å². The number of anilines is 1. The molecule has 8 heteroatoms. The van der Waals surface area contributed by atoms with Crippen molar-refractivity contribution in [3.05, 3.63) is 91.8 Å². The molecule has 1 aromatic heterocycles. The van der Waals surface area contributed by atoms with E-state index in [1.165, 1.54) is 22.8 Å². The fourth-order valence-corrected chi connectivity index (χ4v) is 4.12. The van der Waals surface area contributed by atoms with Crippen molar-refractivity contribution in [1.82, 2.24) is 4.57 Å². The molecular weight excluding hydrogens is 463 g/mol. The Morgan fingerprint density at radius 1 is 1.03 bits per heavy atom. The molecule has 0 saturated heterocycles. The molecule has 1 heterocycles. The van der Waals surface area contributed by atoms with E-state index < -0.39 is 5.97 Å². The van der Waals surface area contributed by atoms with E-state index in [1.807, 2.05) is 24.3 Å². The normalized spacial score (nSPS) is 10.8. The molecule has 3 rings (SSSR count). The van der Waals surface area contributed by atoms with E-state index in [2.05, 4.69) is 18.7 Å². The number of aryl methyl sites for hydroxylation is 1. The number of carboxylic acids is 1. The minimum Gasteiger partial charge on any atom is -0.487 e. The first-order valence-corrected chi connectivity index (χ1v) is 11.5. The third-order valence-corrected chi connectivity index (χ3v) is 6.05. The molecule has 0 aliphatic carbocycles. The molecule has 0 atom stereocenters. The van der Waals surface area contributed by atoms with Crippen LogP contribution in [0.3, 0.4) is 0 Å². The van der Waals surface area contributed by atoms with Gasteiger partial charge in [0.1, 0.15) is 17.4 Å². The number of hydrogen-bond donors (Lipinski definition) is 1. The number of carboxylic acid groups (broad SMARTS) is 1. The number of pyridine rings is 1. The third-order valence-electron chi connectivity index (χ3n) is 5.45. The Morgan fingerprint density at radius 2 is 1.73 bits per heavy atom. The third kappa shape index (κ3) is 6.09. The first kappa shape index (κ1) is 24.7. The minimum absolute atomic E-state index is 0.0357. The molecule has 1 N–H and O–H groups in total. The molecule has 0 unspecified atom stereocenters. The van der Waals surface area contributed by atoms with Crippen LogP contribution in [0.4, 0.5) is 5.69 Å². The van der Waals surface area contributed by atoms with Gasteiger partial charge in [-0.15, -0.1) is 0 Å². The molecule has 0 saturated carbocycles. The largest absolute Gasteiger partial charge is 0.487 e. The number of halogens is 2. The monoisotopic (exact) mass is 488 g/mol. The van der Waals surface area contributed by atoms with Gasteiger partial charge in [-0.2, -0.15) is 0 Å². The number of hydrogen-bond acceptors (Lipinski definition) is 4. The predicted molar refractivity (Wildman–Crippen MR) is 132 cm³/mol. The maximum atomic E-state index is 12.8. The van der Waals surface area contributed by atoms with Crippen molar-refractivity contribution in [3.8, 4) is 5.75 Å². The quantitative estimate of drug-likeness (QED) is 0.406. The molecule has 0 radical (unpaired) electrons. The van der Waals surface area contributed by atoms with Crippen LogP contribution in [0.1, 0.15) is 35.5 Å². The topological polar surface area (TPSA) is 71.8 Å². The predicted octanol–water partition coefficient (Wildman–Crippen LogP) is 5.52. The van der Waals surface area contributed by atoms with Crippen LogP contribution in [-0.2, 0) is 19.6 Å². The van der Waals surface area contributed by atoms with Gasteiger partial charge in [0.25, 0.3) is 5.56 Å². The summed E-state index contributed by atoms with van der Waals surface area (Å²) < 4.78 is 7.52. The Morgan fingerprint density at radius 3 is 2.36 bits per heavy atom. The Kier molecular flexibility index (Phi) is 8.42. The first-order chi connectivity index (χ1) is 15.8. The van der Waals surface area contributed by atoms with E-state index in [0.717, 1.165) is 24.3 Å². The molecule has 0 spiro atoms. The van der Waals surface area contributed by atoms with Gasteiger partial charge in [0.15, 0.2) is 0 Å². The lowest BCUT2D eigenvalue weighted by molar-refractivity contribution is 0.0697. The summed E-state index contributed by atoms with van der Waals surface area (Å²) in [5, 5.41) is 9.44. The average Bonchev–Trinajstić information content (AvgIpc) is 2.81. The summed E-state index contributed by atoms with van der Waals surface area (Å²) in [7, 11) is 0. The number of nitrogens with zero attached hydrogens (tertiary/aromatic N) is 2. The number of rotatable bonds is 10. The van der Waals surface area contributed by atoms with E-state index in [4.69, 9.17) is 33.0 Å². The van der Waals surface area contributed by atoms with Crippen LogP contribution < -0.4 is 15.2 Å². The Balaban J connectivity index is 1.81. The van der Waals surface area contributed by atoms with Crippen molar-refractivity contribution in [3.63, 3.8) is 0 Å². The van der Waals surface area contributed by atoms with Gasteiger partial charge in [0, 0.05) is 31.4 Å². The summed E-state index contributed by atoms with van der Waals surface area (Å²) in [6.45, 7) is 6.39. The first-order valence-electron chi connectivity index (χ1n) is 10.7. The number of benzene rings is 2. The number of carbonyl (C=O) groups is 1. The molecule has 0 fully saturated rings. The SMILES string of the molecule is CCN(CC)c1cccc(OCc2c(Cl)cc(Cl)c(=O)n2CCc2ccc(C(=O)O)cc2)c1. The highest BCUT2D eigenvalue weighted by molar-refractivity contribution is 6.34. The number of aromatic nitrogens is 1. The molecular formula is C25H26Cl2N2O4. The lowest BCUT2D eigenvalue weighted by Crippen LogP contribution is -2.26. The van der Waals surface area contributed by atoms with Gasteiger partial charge in [-0.3, -0.25) is 4.79 Å². The fourth-order valence-electron chi connectivity index (χ4n) is 3.59. The van der Waals surface area contributed by atoms with Crippen molar-refractivity contribution in [2.75, 3.05) is 18.0 Å². The second-order valence-corrected chi connectivity index (χ2v) is 8.27. The van der Waals surface area contributed by atoms with E-state index >= 15 is 0 Å². The minimum atomic E-state index is -0.983. The van der Waals surface area contributed by atoms with Crippen molar-refractivity contribution in [2.24, 2.45) is 0 Å². The highest BCUT2D eigenvalue weighted by Crippen LogP contribution is 2.24. The zero-order chi connectivity index (χ0) is 24.0. The molecule has 33 heavy (non-hydrogen) atoms. The van der Waals surface area contributed by atoms with E-state index in [1.54, 1.807) is 12.1 Å². The van der Waals surface area contributed by atoms with Crippen LogP contribution in [0, 0.1) is 0 Å². The second-order valence-electron chi connectivity index (χ2n) is 7.45. The molecule has 0 bridgehead atoms. The van der Waals surface area contributed by atoms with Crippen LogP contribution in [0.5, 0.6) is 5.75 Å². The summed E-state index contributed by atoms with van der Waals surface area (Å²) in [6, 6.07) is 15.8. The van der Waals surface area contributed by atoms with Gasteiger partial charge in [0.2, 0.25) is 0 Å². The van der Waals surface area contributed by atoms with Crippen LogP contribution in [0.25, 0.3) is 0 Å². The van der Waals surface area contributed by atoms with Crippen LogP contribution >= 0.6 is 23.2 Å². The van der Waals surface area contributed by atoms with Crippen LogP contribution in [0.15, 0.2) is 59.4 Å². The fraction of sp³-hybridized carbons (Fsp3) is 0.280. The summed E-state index contributed by atoms with van der Waals surface area (Å²) in [5.74, 6) is -0.308. The zero-order valence-electron chi connectivity index (χ0n) is 18.6. The molecule has 6 nitrogen and oxygen atoms in total. The lowest BCUT2D eigenvalue weighted by atomic mass is 10.1. The average molecular weight is 489 g/mol. The maximum Gasteiger partial charge on any atom is 0.335 e. The van der Waals surface area contributed by atoms with Crippen LogP contribution in [-0.4, -0.2) is 28.7 Å². The highest BCUT2D eigenvalue weighted by Gasteiger charge is 2.14. The molecule has 2 aromatic carbocycles. The van der Waals surface area contributed by atoms with E-state index in [9.17, 15) is 9.59 Å². The zero-order valence-corrected chi connectivity index (χ0v) is 20.1. The molecule has 0 aliphatic rings. The van der Waals surface area contributed by atoms with Gasteiger partial charge in [-0.25, -0.2) is 4.79 Å². The highest BCUT2D eigenvalue weighted by atomic mass is 35.5. The van der Waals surface area contributed by atoms with E-state index in [0.29, 0.717) is 29.4 Å². The van der Waals surface area contributed by atoms with Crippen molar-refractivity contribution in [1.29, 1.82) is 0 Å². The lowest BCUT2D eigenvalue weighted by Gasteiger charge is -2.22. The van der Waals surface area contributed by atoms with Gasteiger partial charge in [-0.1, -0.05) is 41.4 Å². The van der Waals surface area contributed by atoms with E-state index in [-0.39, 0.29) is 22.8 Å². The molecule has 0 amide bonds. The summed E-state index contributed by atoms with van der Waals surface area (Å²) in [4.78, 5) is 26.0. The summed E-state index contributed by atoms with van der Waals surface area (Å²) in [5.41, 5.74) is 2.34. The van der Waals surface area contributed by atoms with Gasteiger partial charge < -0.3 is 19.3 Å². The maximum absolute atomic E-state index is 12.8. The summed E-state index contributed by atoms with van der Waals surface area (Å²) in [6.07, 6.45) is 0.501. The Labute approximate surface area is 202 Å². The Hall–Kier alpha value is -2.96. The molecule has 3 aromatic rings. The van der Waals surface area contributed by atoms with Crippen molar-refractivity contribution in [2.45, 2.75) is 33.4 Å². The van der Waals surface area contributed by atoms with Crippen LogP contribution in [0.2, 0.25) is 10.0 Å². The smallest absolute Gasteiger partial charge is 0.335 e. The van der Waals surface area contributed by atoms with Gasteiger partial charge >= 0.3 is 5.97 Å². The number of aromatic carboxylic acids is 1. The van der Waals surface area contributed by atoms with Gasteiger partial charge in [0.05, 0.1) is 16.3 Å². The molecule has 0 aliphatic heterocycles. The standard InChI is InChI=1S/C25H26Cl2N2O4/c1-3-28(4-2)19-6-5-7-20(14-19)33-16-23-21(26)15-22(27)24(30)29(23)13-12-17-8-10-18(11-9-17)25(31)32/h5-11,14-15H,3-4,12-13,16H2,1-2H3,(H,31,32). The Bertz CT molecular complexity index is 1170. The molecule has 174 valence electrons. The second kappa shape index (κ2) is 11.3. The van der Waals surface area contributed by atoms with Gasteiger partial charge in [-0.05, 0) is 56.2 Å². The summed E-state index contributed by atoms with van der Waals surface area (Å²) >= 11 is 12.5.